The molecule has 2 aliphatic rings. The fourth-order valence-corrected chi connectivity index (χ4v) is 4.94. The Bertz CT molecular complexity index is 830. The number of anilines is 2. The van der Waals surface area contributed by atoms with Crippen LogP contribution in [0.3, 0.4) is 0 Å². The number of aromatic nitrogens is 2. The van der Waals surface area contributed by atoms with E-state index in [1.54, 1.807) is 12.1 Å². The van der Waals surface area contributed by atoms with Gasteiger partial charge in [-0.15, -0.1) is 10.2 Å². The number of phenols is 1. The first-order chi connectivity index (χ1) is 14.1. The van der Waals surface area contributed by atoms with Gasteiger partial charge in [-0.05, 0) is 49.9 Å². The molecule has 0 spiro atoms. The monoisotopic (exact) mass is 396 g/mol. The molecule has 3 atom stereocenters. The molecule has 156 valence electrons. The van der Waals surface area contributed by atoms with Crippen LogP contribution in [0.25, 0.3) is 11.3 Å². The van der Waals surface area contributed by atoms with Crippen LogP contribution in [0.15, 0.2) is 30.3 Å². The van der Waals surface area contributed by atoms with Gasteiger partial charge in [-0.3, -0.25) is 4.90 Å². The highest BCUT2D eigenvalue weighted by Crippen LogP contribution is 2.37. The van der Waals surface area contributed by atoms with Crippen LogP contribution >= 0.6 is 0 Å². The maximum Gasteiger partial charge on any atom is 0.169 e. The van der Waals surface area contributed by atoms with Gasteiger partial charge in [0.1, 0.15) is 5.75 Å². The Labute approximate surface area is 172 Å². The molecule has 29 heavy (non-hydrogen) atoms. The second kappa shape index (κ2) is 8.55. The third-order valence-corrected chi connectivity index (χ3v) is 6.45. The number of benzene rings is 1. The molecule has 2 bridgehead atoms. The smallest absolute Gasteiger partial charge is 0.169 e. The zero-order valence-corrected chi connectivity index (χ0v) is 17.2. The van der Waals surface area contributed by atoms with Gasteiger partial charge in [0.25, 0.3) is 0 Å². The molecule has 4 rings (SSSR count). The van der Waals surface area contributed by atoms with Crippen molar-refractivity contribution >= 4 is 11.5 Å². The van der Waals surface area contributed by atoms with Crippen molar-refractivity contribution in [3.63, 3.8) is 0 Å². The molecule has 7 nitrogen and oxygen atoms in total. The molecular formula is C22H32N6O. The van der Waals surface area contributed by atoms with Crippen LogP contribution in [0.5, 0.6) is 5.75 Å². The lowest BCUT2D eigenvalue weighted by atomic mass is 10.0. The number of hydrogen-bond donors (Lipinski definition) is 3. The van der Waals surface area contributed by atoms with E-state index in [1.807, 2.05) is 18.2 Å². The van der Waals surface area contributed by atoms with Gasteiger partial charge in [0.2, 0.25) is 0 Å². The molecule has 2 fully saturated rings. The summed E-state index contributed by atoms with van der Waals surface area (Å²) in [5, 5.41) is 18.6. The number of fused-ring (bicyclic) bond motifs is 2. The van der Waals surface area contributed by atoms with E-state index < -0.39 is 0 Å². The molecule has 1 aromatic carbocycles. The lowest BCUT2D eigenvalue weighted by Crippen LogP contribution is -2.55. The van der Waals surface area contributed by atoms with E-state index in [0.717, 1.165) is 31.9 Å². The molecule has 2 saturated heterocycles. The van der Waals surface area contributed by atoms with Gasteiger partial charge < -0.3 is 21.5 Å². The lowest BCUT2D eigenvalue weighted by Gasteiger charge is -2.43. The van der Waals surface area contributed by atoms with E-state index in [0.29, 0.717) is 35.1 Å². The second-order valence-electron chi connectivity index (χ2n) is 8.39. The molecule has 7 heteroatoms. The summed E-state index contributed by atoms with van der Waals surface area (Å²) >= 11 is 0. The topological polar surface area (TPSA) is 105 Å². The van der Waals surface area contributed by atoms with E-state index in [9.17, 15) is 5.11 Å². The minimum absolute atomic E-state index is 0.200. The zero-order valence-electron chi connectivity index (χ0n) is 17.2. The molecule has 1 aromatic heterocycles. The molecule has 0 saturated carbocycles. The number of nitrogens with two attached hydrogens (primary N) is 2. The fraction of sp³-hybridized carbons (Fsp3) is 0.545. The third-order valence-electron chi connectivity index (χ3n) is 6.45. The number of para-hydroxylation sites is 1. The highest BCUT2D eigenvalue weighted by molar-refractivity contribution is 5.74. The minimum atomic E-state index is 0.200. The van der Waals surface area contributed by atoms with E-state index in [4.69, 9.17) is 11.5 Å². The van der Waals surface area contributed by atoms with Gasteiger partial charge in [0.05, 0.1) is 11.4 Å². The Kier molecular flexibility index (Phi) is 5.87. The number of piperazine rings is 1. The van der Waals surface area contributed by atoms with Crippen molar-refractivity contribution in [2.75, 3.05) is 36.8 Å². The molecule has 5 N–H and O–H groups in total. The summed E-state index contributed by atoms with van der Waals surface area (Å²) in [5.74, 6) is 1.23. The third kappa shape index (κ3) is 4.02. The van der Waals surface area contributed by atoms with Crippen LogP contribution in [0.4, 0.5) is 11.5 Å². The fourth-order valence-electron chi connectivity index (χ4n) is 4.94. The van der Waals surface area contributed by atoms with Gasteiger partial charge >= 0.3 is 0 Å². The number of hydrogen-bond acceptors (Lipinski definition) is 7. The van der Waals surface area contributed by atoms with Crippen LogP contribution in [-0.4, -0.2) is 58.5 Å². The van der Waals surface area contributed by atoms with Crippen molar-refractivity contribution in [3.05, 3.63) is 30.3 Å². The maximum atomic E-state index is 10.2. The van der Waals surface area contributed by atoms with Crippen molar-refractivity contribution in [2.24, 2.45) is 11.7 Å². The summed E-state index contributed by atoms with van der Waals surface area (Å²) in [5.41, 5.74) is 14.5. The largest absolute Gasteiger partial charge is 0.507 e. The van der Waals surface area contributed by atoms with Crippen LogP contribution in [0.2, 0.25) is 0 Å². The number of aromatic hydroxyl groups is 1. The first kappa shape index (κ1) is 19.9. The molecule has 2 unspecified atom stereocenters. The molecule has 0 aliphatic carbocycles. The molecule has 0 amide bonds. The van der Waals surface area contributed by atoms with Gasteiger partial charge in [-0.25, -0.2) is 0 Å². The van der Waals surface area contributed by atoms with Crippen LogP contribution < -0.4 is 16.4 Å². The Balaban J connectivity index is 1.54. The van der Waals surface area contributed by atoms with Crippen LogP contribution in [-0.2, 0) is 0 Å². The number of rotatable bonds is 7. The standard InChI is InChI=1S/C22H32N6O/c1-2-5-15(11-23)12-28-16-8-9-17(28)14-27(13-16)20-10-19(25-26-22(20)24)18-6-3-4-7-21(18)29/h3-4,6-7,10,15-17,29H,2,5,8-9,11-14,23H2,1H3,(H2,24,26)/t15-,16?,17?/m1/s1. The Morgan fingerprint density at radius 3 is 2.55 bits per heavy atom. The van der Waals surface area contributed by atoms with Crippen molar-refractivity contribution in [1.82, 2.24) is 15.1 Å². The average Bonchev–Trinajstić information content (AvgIpc) is 2.95. The minimum Gasteiger partial charge on any atom is -0.507 e. The summed E-state index contributed by atoms with van der Waals surface area (Å²) in [7, 11) is 0. The lowest BCUT2D eigenvalue weighted by molar-refractivity contribution is 0.141. The van der Waals surface area contributed by atoms with Crippen LogP contribution in [0.1, 0.15) is 32.6 Å². The van der Waals surface area contributed by atoms with Crippen molar-refractivity contribution in [1.29, 1.82) is 0 Å². The predicted octanol–water partition coefficient (Wildman–Crippen LogP) is 2.46. The quantitative estimate of drug-likeness (QED) is 0.660. The summed E-state index contributed by atoms with van der Waals surface area (Å²) in [4.78, 5) is 5.03. The SMILES string of the molecule is CCC[C@H](CN)CN1C2CCC1CN(c1cc(-c3ccccc3O)nnc1N)C2. The summed E-state index contributed by atoms with van der Waals surface area (Å²) in [6.45, 7) is 5.97. The van der Waals surface area contributed by atoms with Crippen molar-refractivity contribution < 1.29 is 5.11 Å². The normalized spacial score (nSPS) is 22.8. The Hall–Kier alpha value is -2.38. The van der Waals surface area contributed by atoms with E-state index in [2.05, 4.69) is 26.9 Å². The predicted molar refractivity (Wildman–Crippen MR) is 117 cm³/mol. The Morgan fingerprint density at radius 1 is 1.17 bits per heavy atom. The zero-order chi connectivity index (χ0) is 20.4. The van der Waals surface area contributed by atoms with E-state index >= 15 is 0 Å². The number of phenolic OH excluding ortho intramolecular Hbond substituents is 1. The first-order valence-corrected chi connectivity index (χ1v) is 10.7. The molecule has 2 aromatic rings. The van der Waals surface area contributed by atoms with Crippen molar-refractivity contribution in [2.45, 2.75) is 44.7 Å². The molecular weight excluding hydrogens is 364 g/mol. The summed E-state index contributed by atoms with van der Waals surface area (Å²) in [6.07, 6.45) is 4.82. The maximum absolute atomic E-state index is 10.2. The summed E-state index contributed by atoms with van der Waals surface area (Å²) < 4.78 is 0. The van der Waals surface area contributed by atoms with Gasteiger partial charge in [-0.2, -0.15) is 0 Å². The van der Waals surface area contributed by atoms with E-state index in [-0.39, 0.29) is 5.75 Å². The van der Waals surface area contributed by atoms with Gasteiger partial charge in [0.15, 0.2) is 5.82 Å². The molecule has 2 aliphatic heterocycles. The Morgan fingerprint density at radius 2 is 1.90 bits per heavy atom. The molecule has 3 heterocycles. The summed E-state index contributed by atoms with van der Waals surface area (Å²) in [6, 6.07) is 10.2. The van der Waals surface area contributed by atoms with Gasteiger partial charge in [0, 0.05) is 37.3 Å². The second-order valence-corrected chi connectivity index (χ2v) is 8.39. The highest BCUT2D eigenvalue weighted by Gasteiger charge is 2.41. The van der Waals surface area contributed by atoms with Crippen LogP contribution in [0, 0.1) is 5.92 Å². The first-order valence-electron chi connectivity index (χ1n) is 10.7. The number of nitrogen functional groups attached to an aromatic ring is 1. The highest BCUT2D eigenvalue weighted by atomic mass is 16.3. The van der Waals surface area contributed by atoms with Crippen molar-refractivity contribution in [3.8, 4) is 17.0 Å². The number of nitrogens with zero attached hydrogens (tertiary/aromatic N) is 4. The van der Waals surface area contributed by atoms with Gasteiger partial charge in [-0.1, -0.05) is 25.5 Å². The molecule has 0 radical (unpaired) electrons. The van der Waals surface area contributed by atoms with E-state index in [1.165, 1.54) is 25.7 Å². The average molecular weight is 397 g/mol.